The maximum Gasteiger partial charge on any atom is 0.408 e. The van der Waals surface area contributed by atoms with Gasteiger partial charge in [-0.05, 0) is 78.0 Å². The van der Waals surface area contributed by atoms with Crippen molar-refractivity contribution in [2.45, 2.75) is 85.0 Å². The number of carbonyl (C=O) groups is 3. The third-order valence-electron chi connectivity index (χ3n) is 5.91. The number of ether oxygens (including phenoxy) is 1. The SMILES string of the molecule is Cc1cccc(C(C(=O)Nc2c(C)cccc2C)N(C(=O)C(C)NC(=O)OC(C)(C)C)C2CC2)c1. The van der Waals surface area contributed by atoms with Crippen molar-refractivity contribution in [3.63, 3.8) is 0 Å². The molecule has 2 N–H and O–H groups in total. The average Bonchev–Trinajstić information content (AvgIpc) is 3.57. The summed E-state index contributed by atoms with van der Waals surface area (Å²) < 4.78 is 5.33. The predicted octanol–water partition coefficient (Wildman–Crippen LogP) is 5.20. The second kappa shape index (κ2) is 10.5. The highest BCUT2D eigenvalue weighted by Gasteiger charge is 2.43. The normalized spacial score (nSPS) is 15.1. The van der Waals surface area contributed by atoms with Crippen LogP contribution in [-0.2, 0) is 14.3 Å². The lowest BCUT2D eigenvalue weighted by molar-refractivity contribution is -0.141. The number of alkyl carbamates (subject to hydrolysis) is 1. The van der Waals surface area contributed by atoms with Gasteiger partial charge in [-0.15, -0.1) is 0 Å². The molecule has 2 aromatic carbocycles. The summed E-state index contributed by atoms with van der Waals surface area (Å²) >= 11 is 0. The molecule has 1 fully saturated rings. The van der Waals surface area contributed by atoms with Crippen molar-refractivity contribution < 1.29 is 19.1 Å². The molecule has 0 heterocycles. The van der Waals surface area contributed by atoms with Gasteiger partial charge in [0, 0.05) is 11.7 Å². The second-order valence-corrected chi connectivity index (χ2v) is 10.4. The first kappa shape index (κ1) is 26.3. The molecule has 35 heavy (non-hydrogen) atoms. The zero-order valence-corrected chi connectivity index (χ0v) is 21.8. The van der Waals surface area contributed by atoms with E-state index in [1.165, 1.54) is 0 Å². The predicted molar refractivity (Wildman–Crippen MR) is 137 cm³/mol. The summed E-state index contributed by atoms with van der Waals surface area (Å²) in [6.45, 7) is 12.8. The molecule has 7 heteroatoms. The number of rotatable bonds is 7. The number of carbonyl (C=O) groups excluding carboxylic acids is 3. The number of para-hydroxylation sites is 1. The molecule has 0 bridgehead atoms. The van der Waals surface area contributed by atoms with E-state index in [-0.39, 0.29) is 17.9 Å². The zero-order chi connectivity index (χ0) is 25.9. The van der Waals surface area contributed by atoms with Gasteiger partial charge in [0.15, 0.2) is 0 Å². The quantitative estimate of drug-likeness (QED) is 0.572. The first-order valence-electron chi connectivity index (χ1n) is 12.1. The van der Waals surface area contributed by atoms with Gasteiger partial charge in [-0.1, -0.05) is 48.0 Å². The lowest BCUT2D eigenvalue weighted by Gasteiger charge is -2.34. The fraction of sp³-hybridized carbons (Fsp3) is 0.464. The first-order chi connectivity index (χ1) is 16.4. The molecule has 3 rings (SSSR count). The third-order valence-corrected chi connectivity index (χ3v) is 5.91. The minimum Gasteiger partial charge on any atom is -0.444 e. The van der Waals surface area contributed by atoms with Gasteiger partial charge in [0.2, 0.25) is 5.91 Å². The van der Waals surface area contributed by atoms with Crippen molar-refractivity contribution in [2.24, 2.45) is 0 Å². The molecule has 3 amide bonds. The Morgan fingerprint density at radius 1 is 1.00 bits per heavy atom. The highest BCUT2D eigenvalue weighted by atomic mass is 16.6. The minimum atomic E-state index is -0.856. The van der Waals surface area contributed by atoms with Gasteiger partial charge in [-0.25, -0.2) is 4.79 Å². The molecule has 7 nitrogen and oxygen atoms in total. The van der Waals surface area contributed by atoms with Crippen LogP contribution < -0.4 is 10.6 Å². The number of anilines is 1. The van der Waals surface area contributed by atoms with Crippen LogP contribution in [0.15, 0.2) is 42.5 Å². The van der Waals surface area contributed by atoms with E-state index in [1.54, 1.807) is 32.6 Å². The number of nitrogens with zero attached hydrogens (tertiary/aromatic N) is 1. The minimum absolute atomic E-state index is 0.0698. The highest BCUT2D eigenvalue weighted by molar-refractivity contribution is 6.00. The van der Waals surface area contributed by atoms with Crippen LogP contribution in [0.5, 0.6) is 0 Å². The van der Waals surface area contributed by atoms with Crippen LogP contribution >= 0.6 is 0 Å². The molecular weight excluding hydrogens is 442 g/mol. The molecule has 0 saturated heterocycles. The topological polar surface area (TPSA) is 87.7 Å². The number of amides is 3. The van der Waals surface area contributed by atoms with E-state index in [0.717, 1.165) is 40.8 Å². The molecule has 188 valence electrons. The van der Waals surface area contributed by atoms with Gasteiger partial charge in [-0.2, -0.15) is 0 Å². The summed E-state index contributed by atoms with van der Waals surface area (Å²) in [7, 11) is 0. The number of benzene rings is 2. The van der Waals surface area contributed by atoms with Crippen molar-refractivity contribution >= 4 is 23.6 Å². The highest BCUT2D eigenvalue weighted by Crippen LogP contribution is 2.36. The summed E-state index contributed by atoms with van der Waals surface area (Å²) in [6.07, 6.45) is 0.953. The monoisotopic (exact) mass is 479 g/mol. The maximum atomic E-state index is 13.8. The molecule has 1 saturated carbocycles. The summed E-state index contributed by atoms with van der Waals surface area (Å²) in [6, 6.07) is 11.7. The Morgan fingerprint density at radius 3 is 2.14 bits per heavy atom. The molecule has 0 aromatic heterocycles. The molecule has 2 atom stereocenters. The Bertz CT molecular complexity index is 1080. The van der Waals surface area contributed by atoms with Crippen LogP contribution in [0.3, 0.4) is 0 Å². The molecule has 1 aliphatic carbocycles. The summed E-state index contributed by atoms with van der Waals surface area (Å²) in [5, 5.41) is 5.72. The van der Waals surface area contributed by atoms with Crippen molar-refractivity contribution in [3.8, 4) is 0 Å². The van der Waals surface area contributed by atoms with Crippen molar-refractivity contribution in [1.29, 1.82) is 0 Å². The van der Waals surface area contributed by atoms with Crippen molar-refractivity contribution in [2.75, 3.05) is 5.32 Å². The molecular formula is C28H37N3O4. The van der Waals surface area contributed by atoms with E-state index in [2.05, 4.69) is 10.6 Å². The van der Waals surface area contributed by atoms with Gasteiger partial charge in [0.25, 0.3) is 5.91 Å². The van der Waals surface area contributed by atoms with Gasteiger partial charge in [0.1, 0.15) is 17.7 Å². The van der Waals surface area contributed by atoms with E-state index < -0.39 is 23.8 Å². The third kappa shape index (κ3) is 6.84. The smallest absolute Gasteiger partial charge is 0.408 e. The molecule has 0 radical (unpaired) electrons. The van der Waals surface area contributed by atoms with Crippen LogP contribution in [0.1, 0.15) is 68.8 Å². The zero-order valence-electron chi connectivity index (χ0n) is 21.8. The van der Waals surface area contributed by atoms with Gasteiger partial charge in [0.05, 0.1) is 0 Å². The molecule has 0 spiro atoms. The first-order valence-corrected chi connectivity index (χ1v) is 12.1. The van der Waals surface area contributed by atoms with Gasteiger partial charge < -0.3 is 20.3 Å². The van der Waals surface area contributed by atoms with Gasteiger partial charge >= 0.3 is 6.09 Å². The maximum absolute atomic E-state index is 13.8. The summed E-state index contributed by atoms with van der Waals surface area (Å²) in [5.41, 5.74) is 3.70. The number of nitrogens with one attached hydrogen (secondary N) is 2. The van der Waals surface area contributed by atoms with E-state index in [4.69, 9.17) is 4.74 Å². The second-order valence-electron chi connectivity index (χ2n) is 10.4. The molecule has 2 unspecified atom stereocenters. The van der Waals surface area contributed by atoms with E-state index in [9.17, 15) is 14.4 Å². The van der Waals surface area contributed by atoms with Crippen molar-refractivity contribution in [1.82, 2.24) is 10.2 Å². The Labute approximate surface area is 208 Å². The largest absolute Gasteiger partial charge is 0.444 e. The number of hydrogen-bond acceptors (Lipinski definition) is 4. The average molecular weight is 480 g/mol. The van der Waals surface area contributed by atoms with Crippen LogP contribution in [0.2, 0.25) is 0 Å². The van der Waals surface area contributed by atoms with Gasteiger partial charge in [-0.3, -0.25) is 9.59 Å². The Morgan fingerprint density at radius 2 is 1.60 bits per heavy atom. The van der Waals surface area contributed by atoms with Crippen molar-refractivity contribution in [3.05, 3.63) is 64.7 Å². The fourth-order valence-corrected chi connectivity index (χ4v) is 4.12. The fourth-order valence-electron chi connectivity index (χ4n) is 4.12. The standard InChI is InChI=1S/C28H37N3O4/c1-17-10-8-13-21(16-17)24(25(32)30-23-18(2)11-9-12-19(23)3)31(22-14-15-22)26(33)20(4)29-27(34)35-28(5,6)7/h8-13,16,20,22,24H,14-15H2,1-7H3,(H,29,34)(H,30,32). The van der Waals surface area contributed by atoms with Crippen LogP contribution in [0.4, 0.5) is 10.5 Å². The Kier molecular flexibility index (Phi) is 7.88. The molecule has 1 aliphatic rings. The van der Waals surface area contributed by atoms with E-state index in [0.29, 0.717) is 0 Å². The number of aryl methyl sites for hydroxylation is 3. The van der Waals surface area contributed by atoms with Crippen LogP contribution in [0, 0.1) is 20.8 Å². The van der Waals surface area contributed by atoms with Crippen LogP contribution in [-0.4, -0.2) is 40.5 Å². The number of hydrogen-bond donors (Lipinski definition) is 2. The van der Waals surface area contributed by atoms with E-state index >= 15 is 0 Å². The Hall–Kier alpha value is -3.35. The summed E-state index contributed by atoms with van der Waals surface area (Å²) in [5.74, 6) is -0.598. The van der Waals surface area contributed by atoms with E-state index in [1.807, 2.05) is 63.2 Å². The molecule has 0 aliphatic heterocycles. The lowest BCUT2D eigenvalue weighted by atomic mass is 10.00. The molecule has 2 aromatic rings. The summed E-state index contributed by atoms with van der Waals surface area (Å²) in [4.78, 5) is 41.5. The Balaban J connectivity index is 1.94. The van der Waals surface area contributed by atoms with Crippen LogP contribution in [0.25, 0.3) is 0 Å². The lowest BCUT2D eigenvalue weighted by Crippen LogP contribution is -2.52.